The van der Waals surface area contributed by atoms with Crippen molar-refractivity contribution in [2.45, 2.75) is 0 Å². The molecule has 0 bridgehead atoms. The Balaban J connectivity index is 2.04. The van der Waals surface area contributed by atoms with Crippen LogP contribution in [-0.2, 0) is 0 Å². The molecule has 0 saturated carbocycles. The Morgan fingerprint density at radius 2 is 1.88 bits per heavy atom. The summed E-state index contributed by atoms with van der Waals surface area (Å²) in [5.41, 5.74) is 13.8. The van der Waals surface area contributed by atoms with Gasteiger partial charge in [-0.3, -0.25) is 5.41 Å². The number of terminal acetylenes is 1. The maximum Gasteiger partial charge on any atom is 0.151 e. The van der Waals surface area contributed by atoms with Gasteiger partial charge in [-0.25, -0.2) is 4.98 Å². The SMILES string of the molecule is C#Cc1ccc2cnc(N)c(/N=N/c3ccc(C(=N)N)cc3)c2c1. The number of rotatable bonds is 3. The molecular weight excluding hydrogens is 300 g/mol. The Bertz CT molecular complexity index is 996. The van der Waals surface area contributed by atoms with Crippen LogP contribution in [-0.4, -0.2) is 10.8 Å². The van der Waals surface area contributed by atoms with E-state index >= 15 is 0 Å². The van der Waals surface area contributed by atoms with Crippen LogP contribution in [0.3, 0.4) is 0 Å². The third kappa shape index (κ3) is 2.91. The highest BCUT2D eigenvalue weighted by molar-refractivity contribution is 5.97. The van der Waals surface area contributed by atoms with E-state index in [9.17, 15) is 0 Å². The van der Waals surface area contributed by atoms with E-state index < -0.39 is 0 Å². The first-order valence-corrected chi connectivity index (χ1v) is 7.09. The molecule has 1 aromatic heterocycles. The summed E-state index contributed by atoms with van der Waals surface area (Å²) in [6.45, 7) is 0. The lowest BCUT2D eigenvalue weighted by molar-refractivity contribution is 1.22. The van der Waals surface area contributed by atoms with Gasteiger partial charge in [-0.05, 0) is 36.4 Å². The van der Waals surface area contributed by atoms with Gasteiger partial charge in [0.05, 0.1) is 5.69 Å². The molecular formula is C18H14N6. The van der Waals surface area contributed by atoms with E-state index in [2.05, 4.69) is 21.1 Å². The molecule has 116 valence electrons. The van der Waals surface area contributed by atoms with Gasteiger partial charge in [-0.1, -0.05) is 12.0 Å². The average molecular weight is 314 g/mol. The van der Waals surface area contributed by atoms with Crippen molar-refractivity contribution in [2.75, 3.05) is 5.73 Å². The number of nitrogens with zero attached hydrogens (tertiary/aromatic N) is 3. The van der Waals surface area contributed by atoms with Gasteiger partial charge in [0.25, 0.3) is 0 Å². The Morgan fingerprint density at radius 1 is 1.12 bits per heavy atom. The van der Waals surface area contributed by atoms with E-state index in [0.29, 0.717) is 16.9 Å². The molecule has 3 aromatic rings. The van der Waals surface area contributed by atoms with Crippen LogP contribution in [0.5, 0.6) is 0 Å². The molecule has 0 fully saturated rings. The second kappa shape index (κ2) is 6.18. The molecule has 0 aliphatic rings. The molecule has 2 aromatic carbocycles. The van der Waals surface area contributed by atoms with E-state index in [1.165, 1.54) is 0 Å². The van der Waals surface area contributed by atoms with Crippen LogP contribution < -0.4 is 11.5 Å². The highest BCUT2D eigenvalue weighted by atomic mass is 15.1. The Kier molecular flexibility index (Phi) is 3.91. The predicted octanol–water partition coefficient (Wildman–Crippen LogP) is 3.50. The summed E-state index contributed by atoms with van der Waals surface area (Å²) in [4.78, 5) is 4.14. The summed E-state index contributed by atoms with van der Waals surface area (Å²) in [5.74, 6) is 2.87. The molecule has 0 radical (unpaired) electrons. The molecule has 6 heteroatoms. The Labute approximate surface area is 138 Å². The summed E-state index contributed by atoms with van der Waals surface area (Å²) in [5, 5.41) is 17.5. The van der Waals surface area contributed by atoms with Gasteiger partial charge in [0.1, 0.15) is 11.5 Å². The van der Waals surface area contributed by atoms with Crippen molar-refractivity contribution in [3.8, 4) is 12.3 Å². The van der Waals surface area contributed by atoms with Gasteiger partial charge in [0.15, 0.2) is 5.82 Å². The van der Waals surface area contributed by atoms with Gasteiger partial charge in [0.2, 0.25) is 0 Å². The monoisotopic (exact) mass is 314 g/mol. The van der Waals surface area contributed by atoms with Crippen LogP contribution in [0.15, 0.2) is 58.9 Å². The Morgan fingerprint density at radius 3 is 2.54 bits per heavy atom. The predicted molar refractivity (Wildman–Crippen MR) is 95.7 cm³/mol. The van der Waals surface area contributed by atoms with Gasteiger partial charge in [-0.15, -0.1) is 11.5 Å². The zero-order valence-electron chi connectivity index (χ0n) is 12.7. The van der Waals surface area contributed by atoms with Crippen LogP contribution in [0.4, 0.5) is 17.2 Å². The summed E-state index contributed by atoms with van der Waals surface area (Å²) < 4.78 is 0. The second-order valence-corrected chi connectivity index (χ2v) is 5.10. The van der Waals surface area contributed by atoms with Crippen molar-refractivity contribution in [3.63, 3.8) is 0 Å². The van der Waals surface area contributed by atoms with Gasteiger partial charge in [0, 0.05) is 28.1 Å². The molecule has 0 aliphatic carbocycles. The number of pyridine rings is 1. The number of aromatic nitrogens is 1. The number of azo groups is 1. The fourth-order valence-corrected chi connectivity index (χ4v) is 2.22. The smallest absolute Gasteiger partial charge is 0.151 e. The molecule has 1 heterocycles. The Hall–Kier alpha value is -3.72. The fraction of sp³-hybridized carbons (Fsp3) is 0. The maximum atomic E-state index is 7.38. The average Bonchev–Trinajstić information content (AvgIpc) is 2.60. The van der Waals surface area contributed by atoms with Crippen molar-refractivity contribution in [3.05, 3.63) is 59.8 Å². The topological polar surface area (TPSA) is 113 Å². The summed E-state index contributed by atoms with van der Waals surface area (Å²) in [6.07, 6.45) is 7.13. The lowest BCUT2D eigenvalue weighted by Gasteiger charge is -2.05. The van der Waals surface area contributed by atoms with Crippen molar-refractivity contribution in [1.29, 1.82) is 5.41 Å². The number of nitrogen functional groups attached to an aromatic ring is 2. The number of fused-ring (bicyclic) bond motifs is 1. The zero-order valence-corrected chi connectivity index (χ0v) is 12.7. The van der Waals surface area contributed by atoms with Gasteiger partial charge < -0.3 is 11.5 Å². The number of hydrogen-bond donors (Lipinski definition) is 3. The molecule has 6 nitrogen and oxygen atoms in total. The summed E-state index contributed by atoms with van der Waals surface area (Å²) >= 11 is 0. The number of nitrogens with two attached hydrogens (primary N) is 2. The number of hydrogen-bond acceptors (Lipinski definition) is 5. The van der Waals surface area contributed by atoms with Crippen LogP contribution in [0, 0.1) is 17.8 Å². The van der Waals surface area contributed by atoms with Crippen molar-refractivity contribution >= 4 is 33.8 Å². The third-order valence-electron chi connectivity index (χ3n) is 3.50. The highest BCUT2D eigenvalue weighted by Crippen LogP contribution is 2.32. The molecule has 0 saturated heterocycles. The molecule has 0 amide bonds. The quantitative estimate of drug-likeness (QED) is 0.297. The van der Waals surface area contributed by atoms with E-state index in [4.69, 9.17) is 23.3 Å². The number of anilines is 1. The first kappa shape index (κ1) is 15.2. The lowest BCUT2D eigenvalue weighted by atomic mass is 10.1. The van der Waals surface area contributed by atoms with E-state index in [-0.39, 0.29) is 11.7 Å². The van der Waals surface area contributed by atoms with Crippen LogP contribution in [0.2, 0.25) is 0 Å². The minimum absolute atomic E-state index is 0.00259. The van der Waals surface area contributed by atoms with Crippen molar-refractivity contribution in [1.82, 2.24) is 4.98 Å². The largest absolute Gasteiger partial charge is 0.384 e. The van der Waals surface area contributed by atoms with E-state index in [1.807, 2.05) is 18.2 Å². The van der Waals surface area contributed by atoms with E-state index in [0.717, 1.165) is 16.3 Å². The lowest BCUT2D eigenvalue weighted by Crippen LogP contribution is -2.10. The molecule has 5 N–H and O–H groups in total. The van der Waals surface area contributed by atoms with E-state index in [1.54, 1.807) is 30.5 Å². The minimum Gasteiger partial charge on any atom is -0.384 e. The molecule has 0 aliphatic heterocycles. The molecule has 0 spiro atoms. The highest BCUT2D eigenvalue weighted by Gasteiger charge is 2.07. The van der Waals surface area contributed by atoms with Crippen LogP contribution >= 0.6 is 0 Å². The number of nitrogens with one attached hydrogen (secondary N) is 1. The second-order valence-electron chi connectivity index (χ2n) is 5.10. The van der Waals surface area contributed by atoms with Crippen molar-refractivity contribution in [2.24, 2.45) is 16.0 Å². The summed E-state index contributed by atoms with van der Waals surface area (Å²) in [6, 6.07) is 12.4. The van der Waals surface area contributed by atoms with Crippen LogP contribution in [0.1, 0.15) is 11.1 Å². The zero-order chi connectivity index (χ0) is 17.1. The van der Waals surface area contributed by atoms with Gasteiger partial charge >= 0.3 is 0 Å². The molecule has 3 rings (SSSR count). The molecule has 0 unspecified atom stereocenters. The first-order valence-electron chi connectivity index (χ1n) is 7.09. The van der Waals surface area contributed by atoms with Gasteiger partial charge in [-0.2, -0.15) is 5.11 Å². The van der Waals surface area contributed by atoms with Crippen LogP contribution in [0.25, 0.3) is 10.8 Å². The maximum absolute atomic E-state index is 7.38. The minimum atomic E-state index is 0.00259. The van der Waals surface area contributed by atoms with Crippen molar-refractivity contribution < 1.29 is 0 Å². The standard InChI is InChI=1S/C18H14N6/c1-2-11-3-4-13-10-22-18(21)16(15(13)9-11)24-23-14-7-5-12(6-8-14)17(19)20/h1,3-10H,(H3,19,20)(H2,21,22)/b24-23+. The molecule has 24 heavy (non-hydrogen) atoms. The number of amidine groups is 1. The number of benzene rings is 2. The first-order chi connectivity index (χ1) is 11.6. The normalized spacial score (nSPS) is 10.8. The fourth-order valence-electron chi connectivity index (χ4n) is 2.22. The third-order valence-corrected chi connectivity index (χ3v) is 3.50. The molecule has 0 atom stereocenters. The summed E-state index contributed by atoms with van der Waals surface area (Å²) in [7, 11) is 0.